The Balaban J connectivity index is 2.80. The molecule has 0 unspecified atom stereocenters. The fourth-order valence-electron chi connectivity index (χ4n) is 1.37. The lowest BCUT2D eigenvalue weighted by Gasteiger charge is -2.10. The zero-order valence-electron chi connectivity index (χ0n) is 10.4. The van der Waals surface area contributed by atoms with Gasteiger partial charge in [0, 0.05) is 6.54 Å². The first kappa shape index (κ1) is 15.7. The highest BCUT2D eigenvalue weighted by Crippen LogP contribution is 2.26. The summed E-state index contributed by atoms with van der Waals surface area (Å²) in [5.41, 5.74) is 5.63. The molecule has 6 nitrogen and oxygen atoms in total. The van der Waals surface area contributed by atoms with Crippen molar-refractivity contribution in [3.63, 3.8) is 0 Å². The molecule has 0 aromatic heterocycles. The maximum Gasteiger partial charge on any atom is 0.244 e. The Kier molecular flexibility index (Phi) is 5.59. The number of sulfonamides is 1. The molecule has 0 bridgehead atoms. The Morgan fingerprint density at radius 3 is 2.68 bits per heavy atom. The average molecular weight is 306 g/mol. The summed E-state index contributed by atoms with van der Waals surface area (Å²) in [6, 6.07) is 4.39. The number of carbonyl (C=O) groups excluding carboxylic acids is 1. The normalized spacial score (nSPS) is 11.3. The number of nitrogen functional groups attached to an aromatic ring is 1. The number of nitrogens with one attached hydrogen (secondary N) is 2. The van der Waals surface area contributed by atoms with E-state index in [1.54, 1.807) is 6.07 Å². The lowest BCUT2D eigenvalue weighted by molar-refractivity contribution is -0.119. The molecule has 0 aliphatic carbocycles. The van der Waals surface area contributed by atoms with Crippen molar-refractivity contribution in [2.75, 3.05) is 18.8 Å². The lowest BCUT2D eigenvalue weighted by atomic mass is 10.3. The second kappa shape index (κ2) is 6.74. The molecule has 0 heterocycles. The summed E-state index contributed by atoms with van der Waals surface area (Å²) in [7, 11) is -3.91. The van der Waals surface area contributed by atoms with E-state index in [4.69, 9.17) is 17.3 Å². The Bertz CT molecular complexity index is 540. The minimum absolute atomic E-state index is 0.0152. The van der Waals surface area contributed by atoms with Crippen molar-refractivity contribution < 1.29 is 13.2 Å². The van der Waals surface area contributed by atoms with E-state index in [-0.39, 0.29) is 22.2 Å². The first-order chi connectivity index (χ1) is 8.88. The summed E-state index contributed by atoms with van der Waals surface area (Å²) in [4.78, 5) is 11.1. The zero-order chi connectivity index (χ0) is 14.5. The van der Waals surface area contributed by atoms with Crippen molar-refractivity contribution in [2.24, 2.45) is 0 Å². The van der Waals surface area contributed by atoms with Crippen LogP contribution in [-0.4, -0.2) is 27.4 Å². The van der Waals surface area contributed by atoms with Crippen molar-refractivity contribution >= 4 is 33.2 Å². The molecule has 4 N–H and O–H groups in total. The fraction of sp³-hybridized carbons (Fsp3) is 0.364. The Morgan fingerprint density at radius 1 is 1.42 bits per heavy atom. The van der Waals surface area contributed by atoms with Crippen LogP contribution < -0.4 is 15.8 Å². The first-order valence-corrected chi connectivity index (χ1v) is 7.55. The number of hydrogen-bond donors (Lipinski definition) is 3. The van der Waals surface area contributed by atoms with E-state index < -0.39 is 15.9 Å². The minimum atomic E-state index is -3.91. The molecule has 1 rings (SSSR count). The number of anilines is 1. The minimum Gasteiger partial charge on any atom is -0.398 e. The van der Waals surface area contributed by atoms with Gasteiger partial charge < -0.3 is 11.1 Å². The predicted molar refractivity (Wildman–Crippen MR) is 74.4 cm³/mol. The van der Waals surface area contributed by atoms with Crippen molar-refractivity contribution in [2.45, 2.75) is 18.2 Å². The predicted octanol–water partition coefficient (Wildman–Crippen LogP) is 0.727. The van der Waals surface area contributed by atoms with E-state index in [1.807, 2.05) is 6.92 Å². The van der Waals surface area contributed by atoms with Crippen LogP contribution in [0.15, 0.2) is 23.1 Å². The van der Waals surface area contributed by atoms with Gasteiger partial charge in [-0.15, -0.1) is 0 Å². The van der Waals surface area contributed by atoms with E-state index in [1.165, 1.54) is 12.1 Å². The molecule has 0 aliphatic heterocycles. The van der Waals surface area contributed by atoms with E-state index in [2.05, 4.69) is 10.0 Å². The van der Waals surface area contributed by atoms with Gasteiger partial charge in [-0.2, -0.15) is 0 Å². The van der Waals surface area contributed by atoms with Gasteiger partial charge in [-0.05, 0) is 18.6 Å². The maximum absolute atomic E-state index is 12.0. The molecule has 0 spiro atoms. The number of rotatable bonds is 6. The molecule has 1 amide bonds. The van der Waals surface area contributed by atoms with Crippen LogP contribution in [-0.2, 0) is 14.8 Å². The highest BCUT2D eigenvalue weighted by Gasteiger charge is 2.21. The van der Waals surface area contributed by atoms with Crippen LogP contribution in [0.3, 0.4) is 0 Å². The topological polar surface area (TPSA) is 101 Å². The van der Waals surface area contributed by atoms with Crippen LogP contribution in [0.1, 0.15) is 13.3 Å². The van der Waals surface area contributed by atoms with Crippen molar-refractivity contribution in [3.05, 3.63) is 23.2 Å². The SMILES string of the molecule is CCCNC(=O)CNS(=O)(=O)c1c(N)cccc1Cl. The zero-order valence-corrected chi connectivity index (χ0v) is 12.0. The Hall–Kier alpha value is -1.31. The standard InChI is InChI=1S/C11H16ClN3O3S/c1-2-6-14-10(16)7-15-19(17,18)11-8(12)4-3-5-9(11)13/h3-5,15H,2,6-7,13H2,1H3,(H,14,16). The first-order valence-electron chi connectivity index (χ1n) is 5.69. The molecule has 106 valence electrons. The average Bonchev–Trinajstić information content (AvgIpc) is 2.33. The summed E-state index contributed by atoms with van der Waals surface area (Å²) < 4.78 is 26.2. The van der Waals surface area contributed by atoms with Gasteiger partial charge >= 0.3 is 0 Å². The summed E-state index contributed by atoms with van der Waals surface area (Å²) in [6.07, 6.45) is 0.774. The molecule has 1 aromatic rings. The van der Waals surface area contributed by atoms with Crippen LogP contribution >= 0.6 is 11.6 Å². The number of amides is 1. The summed E-state index contributed by atoms with van der Waals surface area (Å²) in [6.45, 7) is 2.04. The van der Waals surface area contributed by atoms with Crippen LogP contribution in [0.4, 0.5) is 5.69 Å². The molecule has 19 heavy (non-hydrogen) atoms. The molecule has 0 aliphatic rings. The van der Waals surface area contributed by atoms with E-state index >= 15 is 0 Å². The van der Waals surface area contributed by atoms with Gasteiger partial charge in [0.15, 0.2) is 0 Å². The van der Waals surface area contributed by atoms with Gasteiger partial charge in [-0.1, -0.05) is 24.6 Å². The molecule has 8 heteroatoms. The summed E-state index contributed by atoms with van der Waals surface area (Å²) in [5.74, 6) is -0.406. The van der Waals surface area contributed by atoms with E-state index in [9.17, 15) is 13.2 Å². The number of benzene rings is 1. The number of nitrogens with two attached hydrogens (primary N) is 1. The third-order valence-corrected chi connectivity index (χ3v) is 4.21. The van der Waals surface area contributed by atoms with Crippen molar-refractivity contribution in [3.8, 4) is 0 Å². The van der Waals surface area contributed by atoms with Crippen LogP contribution in [0.2, 0.25) is 5.02 Å². The molecular weight excluding hydrogens is 290 g/mol. The highest BCUT2D eigenvalue weighted by molar-refractivity contribution is 7.89. The number of halogens is 1. The maximum atomic E-state index is 12.0. The van der Waals surface area contributed by atoms with Gasteiger partial charge in [0.25, 0.3) is 0 Å². The third kappa shape index (κ3) is 4.38. The van der Waals surface area contributed by atoms with Gasteiger partial charge in [-0.25, -0.2) is 13.1 Å². The third-order valence-electron chi connectivity index (χ3n) is 2.26. The largest absolute Gasteiger partial charge is 0.398 e. The molecule has 1 aromatic carbocycles. The number of hydrogen-bond acceptors (Lipinski definition) is 4. The summed E-state index contributed by atoms with van der Waals surface area (Å²) >= 11 is 5.81. The molecule has 0 radical (unpaired) electrons. The van der Waals surface area contributed by atoms with Gasteiger partial charge in [0.2, 0.25) is 15.9 Å². The van der Waals surface area contributed by atoms with Crippen molar-refractivity contribution in [1.29, 1.82) is 0 Å². The molecule has 0 atom stereocenters. The van der Waals surface area contributed by atoms with Gasteiger partial charge in [0.1, 0.15) is 4.90 Å². The highest BCUT2D eigenvalue weighted by atomic mass is 35.5. The smallest absolute Gasteiger partial charge is 0.244 e. The molecular formula is C11H16ClN3O3S. The van der Waals surface area contributed by atoms with Crippen molar-refractivity contribution in [1.82, 2.24) is 10.0 Å². The molecule has 0 fully saturated rings. The fourth-order valence-corrected chi connectivity index (χ4v) is 3.02. The van der Waals surface area contributed by atoms with Crippen LogP contribution in [0.5, 0.6) is 0 Å². The lowest BCUT2D eigenvalue weighted by Crippen LogP contribution is -2.37. The second-order valence-electron chi connectivity index (χ2n) is 3.83. The van der Waals surface area contributed by atoms with Crippen LogP contribution in [0, 0.1) is 0 Å². The molecule has 0 saturated carbocycles. The Morgan fingerprint density at radius 2 is 2.11 bits per heavy atom. The summed E-state index contributed by atoms with van der Waals surface area (Å²) in [5, 5.41) is 2.57. The van der Waals surface area contributed by atoms with E-state index in [0.29, 0.717) is 6.54 Å². The van der Waals surface area contributed by atoms with E-state index in [0.717, 1.165) is 6.42 Å². The monoisotopic (exact) mass is 305 g/mol. The van der Waals surface area contributed by atoms with Crippen LogP contribution in [0.25, 0.3) is 0 Å². The molecule has 0 saturated heterocycles. The van der Waals surface area contributed by atoms with Gasteiger partial charge in [0.05, 0.1) is 17.3 Å². The Labute approximate surface area is 117 Å². The quantitative estimate of drug-likeness (QED) is 0.674. The number of carbonyl (C=O) groups is 1. The second-order valence-corrected chi connectivity index (χ2v) is 5.94. The van der Waals surface area contributed by atoms with Gasteiger partial charge in [-0.3, -0.25) is 4.79 Å².